The molecule has 1 aliphatic heterocycles. The highest BCUT2D eigenvalue weighted by atomic mass is 16.5. The maximum absolute atomic E-state index is 12.3. The zero-order chi connectivity index (χ0) is 22.0. The number of methoxy groups -OCH3 is 1. The Morgan fingerprint density at radius 3 is 2.48 bits per heavy atom. The van der Waals surface area contributed by atoms with Crippen LogP contribution in [0.5, 0.6) is 0 Å². The van der Waals surface area contributed by atoms with Crippen LogP contribution in [0.4, 0.5) is 0 Å². The smallest absolute Gasteiger partial charge is 0.338 e. The first kappa shape index (κ1) is 20.3. The summed E-state index contributed by atoms with van der Waals surface area (Å²) in [5, 5.41) is 18.2. The van der Waals surface area contributed by atoms with E-state index in [1.54, 1.807) is 18.2 Å². The van der Waals surface area contributed by atoms with E-state index in [0.717, 1.165) is 21.7 Å². The molecule has 1 radical (unpaired) electrons. The molecule has 0 unspecified atom stereocenters. The van der Waals surface area contributed by atoms with Crippen molar-refractivity contribution in [3.05, 3.63) is 70.1 Å². The number of carbonyl (C=O) groups is 3. The number of nitrogens with zero attached hydrogens (tertiary/aromatic N) is 1. The Morgan fingerprint density at radius 2 is 1.77 bits per heavy atom. The summed E-state index contributed by atoms with van der Waals surface area (Å²) < 4.78 is 4.92. The van der Waals surface area contributed by atoms with Gasteiger partial charge in [-0.3, -0.25) is 9.59 Å². The van der Waals surface area contributed by atoms with Crippen molar-refractivity contribution in [2.45, 2.75) is 0 Å². The number of benzene rings is 3. The van der Waals surface area contributed by atoms with Gasteiger partial charge in [-0.2, -0.15) is 0 Å². The Morgan fingerprint density at radius 1 is 1.03 bits per heavy atom. The molecule has 0 saturated carbocycles. The normalized spacial score (nSPS) is 12.3. The van der Waals surface area contributed by atoms with Gasteiger partial charge in [-0.15, -0.1) is 0 Å². The first-order valence-corrected chi connectivity index (χ1v) is 9.63. The molecule has 7 heteroatoms. The Bertz CT molecular complexity index is 1330. The number of carbonyl (C=O) groups excluding carboxylic acids is 3. The van der Waals surface area contributed by atoms with E-state index in [1.165, 1.54) is 19.4 Å². The molecule has 0 aromatic heterocycles. The van der Waals surface area contributed by atoms with Crippen LogP contribution in [-0.2, 0) is 9.53 Å². The van der Waals surface area contributed by atoms with Crippen LogP contribution in [0.2, 0.25) is 0 Å². The van der Waals surface area contributed by atoms with Crippen molar-refractivity contribution in [1.82, 2.24) is 10.6 Å². The van der Waals surface area contributed by atoms with Gasteiger partial charge in [0.25, 0.3) is 11.8 Å². The quantitative estimate of drug-likeness (QED) is 0.596. The van der Waals surface area contributed by atoms with Crippen LogP contribution in [-0.4, -0.2) is 43.2 Å². The molecule has 31 heavy (non-hydrogen) atoms. The fourth-order valence-electron chi connectivity index (χ4n) is 3.57. The molecule has 4 rings (SSSR count). The summed E-state index contributed by atoms with van der Waals surface area (Å²) >= 11 is 0. The van der Waals surface area contributed by atoms with E-state index in [9.17, 15) is 14.4 Å². The maximum atomic E-state index is 12.3. The molecule has 3 aromatic rings. The van der Waals surface area contributed by atoms with Crippen LogP contribution in [0.1, 0.15) is 20.7 Å². The first-order valence-electron chi connectivity index (χ1n) is 9.63. The number of nitrogens with one attached hydrogen (secondary N) is 1. The second-order valence-electron chi connectivity index (χ2n) is 6.98. The van der Waals surface area contributed by atoms with Gasteiger partial charge in [0.2, 0.25) is 0 Å². The second-order valence-corrected chi connectivity index (χ2v) is 6.98. The van der Waals surface area contributed by atoms with Gasteiger partial charge in [-0.1, -0.05) is 24.3 Å². The SMILES string of the molecule is COC(=O)c1cc2c(c3cc(-c4ccc(C(=O)NCCO)cc4)ccc13)=C[N]C(=O)C=2. The summed E-state index contributed by atoms with van der Waals surface area (Å²) in [6.07, 6.45) is 2.91. The van der Waals surface area contributed by atoms with Crippen molar-refractivity contribution in [1.29, 1.82) is 0 Å². The maximum Gasteiger partial charge on any atom is 0.338 e. The molecular weight excluding hydrogens is 396 g/mol. The number of aliphatic hydroxyl groups is 1. The molecule has 0 saturated heterocycles. The van der Waals surface area contributed by atoms with E-state index in [0.29, 0.717) is 21.7 Å². The average Bonchev–Trinajstić information content (AvgIpc) is 2.81. The molecule has 0 aliphatic carbocycles. The highest BCUT2D eigenvalue weighted by Crippen LogP contribution is 2.25. The zero-order valence-corrected chi connectivity index (χ0v) is 16.7. The van der Waals surface area contributed by atoms with Crippen molar-refractivity contribution in [2.75, 3.05) is 20.3 Å². The van der Waals surface area contributed by atoms with E-state index in [2.05, 4.69) is 10.6 Å². The van der Waals surface area contributed by atoms with Gasteiger partial charge in [0.1, 0.15) is 0 Å². The fourth-order valence-corrected chi connectivity index (χ4v) is 3.57. The van der Waals surface area contributed by atoms with Gasteiger partial charge in [0.15, 0.2) is 0 Å². The zero-order valence-electron chi connectivity index (χ0n) is 16.7. The lowest BCUT2D eigenvalue weighted by Gasteiger charge is -2.11. The van der Waals surface area contributed by atoms with E-state index in [-0.39, 0.29) is 25.0 Å². The molecule has 155 valence electrons. The highest BCUT2D eigenvalue weighted by molar-refractivity contribution is 6.10. The second kappa shape index (κ2) is 8.41. The van der Waals surface area contributed by atoms with Gasteiger partial charge in [0, 0.05) is 29.6 Å². The van der Waals surface area contributed by atoms with Crippen molar-refractivity contribution < 1.29 is 24.2 Å². The molecule has 2 amide bonds. The third kappa shape index (κ3) is 3.91. The number of rotatable bonds is 5. The number of amides is 2. The molecule has 0 atom stereocenters. The molecule has 2 N–H and O–H groups in total. The van der Waals surface area contributed by atoms with E-state index in [4.69, 9.17) is 9.84 Å². The lowest BCUT2D eigenvalue weighted by molar-refractivity contribution is -0.114. The monoisotopic (exact) mass is 415 g/mol. The molecule has 1 aliphatic rings. The van der Waals surface area contributed by atoms with Crippen LogP contribution in [0.15, 0.2) is 48.5 Å². The Balaban J connectivity index is 1.83. The van der Waals surface area contributed by atoms with Gasteiger partial charge in [-0.05, 0) is 51.4 Å². The first-order chi connectivity index (χ1) is 15.0. The van der Waals surface area contributed by atoms with Crippen molar-refractivity contribution in [3.8, 4) is 11.1 Å². The summed E-state index contributed by atoms with van der Waals surface area (Å²) in [6, 6.07) is 14.4. The van der Waals surface area contributed by atoms with Crippen molar-refractivity contribution >= 4 is 40.8 Å². The molecule has 0 fully saturated rings. The van der Waals surface area contributed by atoms with Gasteiger partial charge in [-0.25, -0.2) is 10.1 Å². The van der Waals surface area contributed by atoms with Gasteiger partial charge < -0.3 is 15.2 Å². The molecule has 0 spiro atoms. The van der Waals surface area contributed by atoms with Crippen molar-refractivity contribution in [2.24, 2.45) is 0 Å². The van der Waals surface area contributed by atoms with Crippen LogP contribution in [0.3, 0.4) is 0 Å². The van der Waals surface area contributed by atoms with Crippen LogP contribution < -0.4 is 21.1 Å². The number of ether oxygens (including phenoxy) is 1. The lowest BCUT2D eigenvalue weighted by atomic mass is 9.95. The molecule has 7 nitrogen and oxygen atoms in total. The number of hydrogen-bond donors (Lipinski definition) is 2. The summed E-state index contributed by atoms with van der Waals surface area (Å²) in [6.45, 7) is 0.0745. The van der Waals surface area contributed by atoms with E-state index < -0.39 is 5.97 Å². The predicted octanol–water partition coefficient (Wildman–Crippen LogP) is 0.679. The molecule has 3 aromatic carbocycles. The van der Waals surface area contributed by atoms with Gasteiger partial charge in [0.05, 0.1) is 19.3 Å². The van der Waals surface area contributed by atoms with Crippen molar-refractivity contribution in [3.63, 3.8) is 0 Å². The summed E-state index contributed by atoms with van der Waals surface area (Å²) in [4.78, 5) is 36.1. The third-order valence-corrected chi connectivity index (χ3v) is 5.09. The Kier molecular flexibility index (Phi) is 5.51. The Hall–Kier alpha value is -3.97. The molecular formula is C24H19N2O5. The van der Waals surface area contributed by atoms with Crippen LogP contribution in [0, 0.1) is 0 Å². The highest BCUT2D eigenvalue weighted by Gasteiger charge is 2.16. The lowest BCUT2D eigenvalue weighted by Crippen LogP contribution is -2.34. The standard InChI is InChI=1S/C24H19N2O5/c1-31-24(30)20-11-17-12-22(28)26-13-21(17)19-10-16(6-7-18(19)20)14-2-4-15(5-3-14)23(29)25-8-9-27/h2-7,10-13,27H,8-9H2,1H3,(H,25,29). The number of fused-ring (bicyclic) bond motifs is 3. The summed E-state index contributed by atoms with van der Waals surface area (Å²) in [7, 11) is 1.32. The minimum Gasteiger partial charge on any atom is -0.465 e. The van der Waals surface area contributed by atoms with Crippen LogP contribution >= 0.6 is 0 Å². The number of hydrogen-bond acceptors (Lipinski definition) is 5. The van der Waals surface area contributed by atoms with E-state index in [1.807, 2.05) is 30.3 Å². The van der Waals surface area contributed by atoms with Crippen LogP contribution in [0.25, 0.3) is 34.2 Å². The topological polar surface area (TPSA) is 107 Å². The minimum absolute atomic E-state index is 0.120. The average molecular weight is 415 g/mol. The van der Waals surface area contributed by atoms with E-state index >= 15 is 0 Å². The summed E-state index contributed by atoms with van der Waals surface area (Å²) in [5.41, 5.74) is 2.62. The molecule has 0 bridgehead atoms. The fraction of sp³-hybridized carbons (Fsp3) is 0.125. The van der Waals surface area contributed by atoms with Gasteiger partial charge >= 0.3 is 5.97 Å². The summed E-state index contributed by atoms with van der Waals surface area (Å²) in [5.74, 6) is -1.12. The molecule has 1 heterocycles. The minimum atomic E-state index is -0.484. The Labute approximate surface area is 177 Å². The number of esters is 1. The predicted molar refractivity (Wildman–Crippen MR) is 115 cm³/mol. The third-order valence-electron chi connectivity index (χ3n) is 5.09. The number of aliphatic hydroxyl groups excluding tert-OH is 1. The largest absolute Gasteiger partial charge is 0.465 e.